The molecule has 11 aliphatic rings. The monoisotopic (exact) mass is 1930 g/mol. The molecule has 55 atom stereocenters. The van der Waals surface area contributed by atoms with Crippen LogP contribution in [0.15, 0.2) is 0 Å². The Morgan fingerprint density at radius 2 is 0.485 bits per heavy atom. The van der Waals surface area contributed by atoms with E-state index in [0.29, 0.717) is 0 Å². The van der Waals surface area contributed by atoms with Gasteiger partial charge in [0.1, 0.15) is 256 Å². The van der Waals surface area contributed by atoms with Crippen molar-refractivity contribution in [3.05, 3.63) is 0 Å². The fraction of sp³-hybridized carbons (Fsp3) is 0.946. The Bertz CT molecular complexity index is 3610. The van der Waals surface area contributed by atoms with Gasteiger partial charge in [0.2, 0.25) is 23.6 Å². The topological polar surface area (TPSA) is 897 Å². The van der Waals surface area contributed by atoms with Gasteiger partial charge in [-0.05, 0) is 13.8 Å². The second-order valence-electron chi connectivity index (χ2n) is 33.8. The summed E-state index contributed by atoms with van der Waals surface area (Å²) < 4.78 is 126. The maximum absolute atomic E-state index is 13.6. The van der Waals surface area contributed by atoms with Gasteiger partial charge < -0.3 is 269 Å². The number of aliphatic hydroxyl groups is 29. The minimum Gasteiger partial charge on any atom is -0.394 e. The maximum Gasteiger partial charge on any atom is 0.217 e. The predicted octanol–water partition coefficient (Wildman–Crippen LogP) is -22.3. The summed E-state index contributed by atoms with van der Waals surface area (Å²) >= 11 is 0. The van der Waals surface area contributed by atoms with E-state index in [1.54, 1.807) is 0 Å². The Kier molecular flexibility index (Phi) is 38.5. The lowest BCUT2D eigenvalue weighted by Crippen LogP contribution is -2.71. The second kappa shape index (κ2) is 47.0. The fourth-order valence-electron chi connectivity index (χ4n) is 17.2. The number of rotatable bonds is 33. The Morgan fingerprint density at radius 3 is 0.924 bits per heavy atom. The van der Waals surface area contributed by atoms with Crippen LogP contribution < -0.4 is 21.3 Å². The van der Waals surface area contributed by atoms with Crippen molar-refractivity contribution < 1.29 is 267 Å². The molecule has 58 heteroatoms. The molecular formula is C74H124N4O54. The van der Waals surface area contributed by atoms with Crippen LogP contribution in [0.2, 0.25) is 0 Å². The van der Waals surface area contributed by atoms with Crippen molar-refractivity contribution in [1.29, 1.82) is 0 Å². The summed E-state index contributed by atoms with van der Waals surface area (Å²) in [5, 5.41) is 335. The molecule has 33 N–H and O–H groups in total. The van der Waals surface area contributed by atoms with Crippen LogP contribution in [0.5, 0.6) is 0 Å². The van der Waals surface area contributed by atoms with E-state index in [-0.39, 0.29) is 0 Å². The second-order valence-corrected chi connectivity index (χ2v) is 33.8. The van der Waals surface area contributed by atoms with Gasteiger partial charge in [-0.25, -0.2) is 0 Å². The minimum atomic E-state index is -2.69. The molecule has 11 fully saturated rings. The number of hydrogen-bond donors (Lipinski definition) is 33. The zero-order chi connectivity index (χ0) is 97.1. The van der Waals surface area contributed by atoms with Crippen molar-refractivity contribution in [2.24, 2.45) is 0 Å². The van der Waals surface area contributed by atoms with Crippen molar-refractivity contribution in [3.63, 3.8) is 0 Å². The van der Waals surface area contributed by atoms with Gasteiger partial charge in [0, 0.05) is 27.7 Å². The van der Waals surface area contributed by atoms with E-state index in [9.17, 15) is 167 Å². The molecule has 11 saturated heterocycles. The van der Waals surface area contributed by atoms with E-state index < -0.39 is 421 Å². The van der Waals surface area contributed by atoms with Crippen LogP contribution in [0.4, 0.5) is 0 Å². The smallest absolute Gasteiger partial charge is 0.217 e. The molecular weight excluding hydrogens is 1810 g/mol. The van der Waals surface area contributed by atoms with Crippen LogP contribution >= 0.6 is 0 Å². The zero-order valence-electron chi connectivity index (χ0n) is 71.3. The molecule has 0 aromatic heterocycles. The first kappa shape index (κ1) is 108. The Balaban J connectivity index is 0.951. The van der Waals surface area contributed by atoms with E-state index in [1.165, 1.54) is 13.8 Å². The molecule has 0 bridgehead atoms. The third-order valence-corrected chi connectivity index (χ3v) is 24.5. The van der Waals surface area contributed by atoms with Crippen LogP contribution in [0.1, 0.15) is 41.5 Å². The van der Waals surface area contributed by atoms with Gasteiger partial charge in [0.05, 0.1) is 71.7 Å². The molecule has 0 aromatic carbocycles. The molecule has 764 valence electrons. The van der Waals surface area contributed by atoms with E-state index in [1.807, 2.05) is 0 Å². The van der Waals surface area contributed by atoms with Gasteiger partial charge in [0.25, 0.3) is 0 Å². The van der Waals surface area contributed by atoms with Crippen molar-refractivity contribution in [3.8, 4) is 0 Å². The molecule has 0 aliphatic carbocycles. The lowest BCUT2D eigenvalue weighted by Gasteiger charge is -2.52. The van der Waals surface area contributed by atoms with Gasteiger partial charge >= 0.3 is 0 Å². The van der Waals surface area contributed by atoms with Crippen LogP contribution in [0.3, 0.4) is 0 Å². The lowest BCUT2D eigenvalue weighted by molar-refractivity contribution is -0.403. The first-order chi connectivity index (χ1) is 62.4. The molecule has 11 heterocycles. The van der Waals surface area contributed by atoms with Gasteiger partial charge in [-0.15, -0.1) is 0 Å². The van der Waals surface area contributed by atoms with Crippen molar-refractivity contribution in [2.75, 3.05) is 59.5 Å². The third kappa shape index (κ3) is 23.7. The number of hydrogen-bond acceptors (Lipinski definition) is 54. The van der Waals surface area contributed by atoms with Crippen molar-refractivity contribution in [1.82, 2.24) is 21.3 Å². The van der Waals surface area contributed by atoms with E-state index in [0.717, 1.165) is 27.7 Å². The lowest BCUT2D eigenvalue weighted by atomic mass is 9.93. The van der Waals surface area contributed by atoms with Gasteiger partial charge in [-0.1, -0.05) is 0 Å². The standard InChI is InChI=1S/C74H124N4O54/c1-16-35(90)45(100)51(106)68(114-16)112-15-30-58(42(97)31(64(111)116-30)75-18(3)86)125-65-32(76-19(4)87)43(98)57(27(12-84)121-65)127-72-55(110)61(41(96)29(124-72)14-113-73-62(49(104)39(94)24(9-81)119-73)131-66-33(77-20(5)88)44(99)56(26(11-83)122-66)126-70-53(108)47(102)37(92)22(7-79)117-70)130-74-63(50(105)40(95)25(10-82)120-74)132-67-34(78-21(6)89)60(129-69-52(107)46(101)36(91)17(2)115-69)59(28(13-85)123-67)128-71-54(109)48(103)38(93)23(8-80)118-71/h16-17,22-74,79-85,90-111H,7-15H2,1-6H3,(H,75,86)(H,76,87)(H,77,88)(H,78,89)/t16-,17-,22+,23+,24+,25+,26+,27+,28+,29+,30+,31+,32+,33+,34-,35+,36+,37-,38-,39+,40+,41+,42+,43+,44+,45+,46+,47-,48-,49-,50-,51-,52-,53+,54+,55-,56+,57+,58+,59+,60+,61-,62-,63-,64?,65-,66-,67-,68+,69-,70-,71-,72-,73-,74+/m0/s1. The van der Waals surface area contributed by atoms with Crippen LogP contribution in [0.25, 0.3) is 0 Å². The summed E-state index contributed by atoms with van der Waals surface area (Å²) in [6, 6.07) is -7.90. The molecule has 58 nitrogen and oxygen atoms in total. The summed E-state index contributed by atoms with van der Waals surface area (Å²) in [5.74, 6) is -3.89. The average molecular weight is 1930 g/mol. The van der Waals surface area contributed by atoms with E-state index >= 15 is 0 Å². The molecule has 0 aromatic rings. The number of amides is 4. The number of ether oxygens (including phenoxy) is 21. The molecule has 1 unspecified atom stereocenters. The number of aliphatic hydroxyl groups excluding tert-OH is 29. The normalized spacial score (nSPS) is 50.4. The summed E-state index contributed by atoms with van der Waals surface area (Å²) in [7, 11) is 0. The quantitative estimate of drug-likeness (QED) is 0.0290. The van der Waals surface area contributed by atoms with Gasteiger partial charge in [-0.2, -0.15) is 0 Å². The molecule has 11 aliphatic heterocycles. The SMILES string of the molecule is CC(=O)N[C@@H]1[C@H](O[C@@H]2[C@@H](O[C@@H]3[C@H](O)[C@H](O[C@H]4[C@H](O)[C@@H](NC(C)=O)[C@H](O[C@H]5[C@H](O)[C@@H](NC(C)=O)C(O)O[C@@H]5CO[C@@H]5O[C@@H](C)[C@@H](O)[C@@H](O)[C@@H]5O)O[C@@H]4CO)O[C@H](CO[C@H]4O[C@H](CO)[C@@H](O)[C@H](O)[C@@H]4O[C@@H]4O[C@H](CO)[C@@H](O[C@@H]5O[C@H](CO)[C@H](O)[C@H](O)[C@H]5O)[C@H](O)[C@H]4NC(C)=O)[C@H]3O)O[C@H](CO)[C@@H](O)[C@@H]2O)O[C@H](CO)[C@@H](O[C@@H]2O[C@H](CO)[C@H](O)[C@H](O)[C@H]2O)[C@@H]1O[C@@H]1O[C@@H](C)[C@@H](O)[C@@H](O)[C@@H]1O. The molecule has 0 radical (unpaired) electrons. The zero-order valence-corrected chi connectivity index (χ0v) is 71.3. The highest BCUT2D eigenvalue weighted by atomic mass is 16.8. The summed E-state index contributed by atoms with van der Waals surface area (Å²) in [6.07, 6.45) is -107. The Labute approximate surface area is 748 Å². The first-order valence-corrected chi connectivity index (χ1v) is 42.4. The summed E-state index contributed by atoms with van der Waals surface area (Å²) in [6.45, 7) is -4.07. The summed E-state index contributed by atoms with van der Waals surface area (Å²) in [5.41, 5.74) is 0. The van der Waals surface area contributed by atoms with Gasteiger partial charge in [0.15, 0.2) is 69.2 Å². The first-order valence-electron chi connectivity index (χ1n) is 42.4. The van der Waals surface area contributed by atoms with Crippen LogP contribution in [0, 0.1) is 0 Å². The van der Waals surface area contributed by atoms with Crippen molar-refractivity contribution in [2.45, 2.75) is 379 Å². The predicted molar refractivity (Wildman–Crippen MR) is 406 cm³/mol. The number of nitrogens with one attached hydrogen (secondary N) is 4. The molecule has 0 spiro atoms. The van der Waals surface area contributed by atoms with Gasteiger partial charge in [-0.3, -0.25) is 19.2 Å². The minimum absolute atomic E-state index is 0.861. The van der Waals surface area contributed by atoms with Crippen LogP contribution in [-0.4, -0.2) is 569 Å². The van der Waals surface area contributed by atoms with Crippen LogP contribution in [-0.2, 0) is 119 Å². The number of carbonyl (C=O) groups excluding carboxylic acids is 4. The largest absolute Gasteiger partial charge is 0.394 e. The molecule has 0 saturated carbocycles. The molecule has 11 rings (SSSR count). The Hall–Kier alpha value is -4.12. The molecule has 132 heavy (non-hydrogen) atoms. The fourth-order valence-corrected chi connectivity index (χ4v) is 17.2. The number of carbonyl (C=O) groups is 4. The van der Waals surface area contributed by atoms with Crippen molar-refractivity contribution >= 4 is 23.6 Å². The van der Waals surface area contributed by atoms with E-state index in [4.69, 9.17) is 99.5 Å². The average Bonchev–Trinajstić information content (AvgIpc) is 0.761. The Morgan fingerprint density at radius 1 is 0.212 bits per heavy atom. The summed E-state index contributed by atoms with van der Waals surface area (Å²) in [4.78, 5) is 52.5. The third-order valence-electron chi connectivity index (χ3n) is 24.5. The molecule has 4 amide bonds. The maximum atomic E-state index is 13.6. The highest BCUT2D eigenvalue weighted by Gasteiger charge is 2.63. The highest BCUT2D eigenvalue weighted by molar-refractivity contribution is 5.74. The van der Waals surface area contributed by atoms with E-state index in [2.05, 4.69) is 21.3 Å². The highest BCUT2D eigenvalue weighted by Crippen LogP contribution is 2.42.